The molecular formula is C12H16BrN3O2. The molecule has 0 aliphatic heterocycles. The van der Waals surface area contributed by atoms with Crippen molar-refractivity contribution in [1.29, 1.82) is 0 Å². The summed E-state index contributed by atoms with van der Waals surface area (Å²) >= 11 is 3.32. The number of rotatable bonds is 5. The van der Waals surface area contributed by atoms with E-state index in [1.807, 2.05) is 12.1 Å². The fourth-order valence-corrected chi connectivity index (χ4v) is 1.47. The van der Waals surface area contributed by atoms with Gasteiger partial charge in [0.1, 0.15) is 0 Å². The van der Waals surface area contributed by atoms with E-state index < -0.39 is 6.04 Å². The molecule has 2 amide bonds. The van der Waals surface area contributed by atoms with Crippen LogP contribution >= 0.6 is 15.9 Å². The van der Waals surface area contributed by atoms with E-state index >= 15 is 0 Å². The van der Waals surface area contributed by atoms with Gasteiger partial charge in [0.05, 0.1) is 12.6 Å². The molecule has 3 N–H and O–H groups in total. The molecule has 0 aliphatic rings. The Morgan fingerprint density at radius 1 is 1.28 bits per heavy atom. The van der Waals surface area contributed by atoms with Crippen LogP contribution in [-0.4, -0.2) is 31.4 Å². The molecule has 0 bridgehead atoms. The topological polar surface area (TPSA) is 70.2 Å². The van der Waals surface area contributed by atoms with Crippen molar-refractivity contribution >= 4 is 33.4 Å². The molecule has 0 fully saturated rings. The predicted molar refractivity (Wildman–Crippen MR) is 74.3 cm³/mol. The van der Waals surface area contributed by atoms with Gasteiger partial charge in [0, 0.05) is 17.2 Å². The standard InChI is InChI=1S/C12H16BrN3O2/c1-8(15-7-11(17)14-2)12(18)16-10-5-3-9(13)4-6-10/h3-6,8,15H,7H2,1-2H3,(H,14,17)(H,16,18)/t8-/m0/s1. The van der Waals surface area contributed by atoms with Crippen LogP contribution in [0.15, 0.2) is 28.7 Å². The van der Waals surface area contributed by atoms with E-state index in [1.54, 1.807) is 26.1 Å². The van der Waals surface area contributed by atoms with Crippen molar-refractivity contribution in [2.45, 2.75) is 13.0 Å². The molecule has 6 heteroatoms. The number of likely N-dealkylation sites (N-methyl/N-ethyl adjacent to an activating group) is 1. The number of halogens is 1. The first-order chi connectivity index (χ1) is 8.52. The van der Waals surface area contributed by atoms with E-state index in [0.29, 0.717) is 0 Å². The molecule has 0 radical (unpaired) electrons. The van der Waals surface area contributed by atoms with Crippen molar-refractivity contribution in [3.63, 3.8) is 0 Å². The van der Waals surface area contributed by atoms with Gasteiger partial charge in [-0.05, 0) is 31.2 Å². The number of anilines is 1. The number of nitrogens with one attached hydrogen (secondary N) is 3. The zero-order chi connectivity index (χ0) is 13.5. The van der Waals surface area contributed by atoms with Crippen LogP contribution in [0.3, 0.4) is 0 Å². The number of hydrogen-bond acceptors (Lipinski definition) is 3. The van der Waals surface area contributed by atoms with Crippen LogP contribution in [0.25, 0.3) is 0 Å². The summed E-state index contributed by atoms with van der Waals surface area (Å²) in [5, 5.41) is 8.06. The maximum atomic E-state index is 11.8. The van der Waals surface area contributed by atoms with E-state index in [0.717, 1.165) is 10.2 Å². The highest BCUT2D eigenvalue weighted by molar-refractivity contribution is 9.10. The largest absolute Gasteiger partial charge is 0.358 e. The first-order valence-corrected chi connectivity index (χ1v) is 6.32. The summed E-state index contributed by atoms with van der Waals surface area (Å²) in [6.07, 6.45) is 0. The van der Waals surface area contributed by atoms with Crippen LogP contribution in [-0.2, 0) is 9.59 Å². The maximum absolute atomic E-state index is 11.8. The van der Waals surface area contributed by atoms with E-state index in [-0.39, 0.29) is 18.4 Å². The van der Waals surface area contributed by atoms with Gasteiger partial charge in [0.15, 0.2) is 0 Å². The minimum absolute atomic E-state index is 0.116. The molecule has 0 aliphatic carbocycles. The van der Waals surface area contributed by atoms with Crippen molar-refractivity contribution in [2.24, 2.45) is 0 Å². The lowest BCUT2D eigenvalue weighted by atomic mass is 10.2. The minimum Gasteiger partial charge on any atom is -0.358 e. The van der Waals surface area contributed by atoms with E-state index in [9.17, 15) is 9.59 Å². The van der Waals surface area contributed by atoms with Crippen molar-refractivity contribution < 1.29 is 9.59 Å². The highest BCUT2D eigenvalue weighted by Gasteiger charge is 2.13. The van der Waals surface area contributed by atoms with Gasteiger partial charge in [-0.2, -0.15) is 0 Å². The quantitative estimate of drug-likeness (QED) is 0.762. The van der Waals surface area contributed by atoms with Gasteiger partial charge in [-0.15, -0.1) is 0 Å². The molecule has 1 rings (SSSR count). The molecule has 18 heavy (non-hydrogen) atoms. The average molecular weight is 314 g/mol. The molecule has 0 aromatic heterocycles. The van der Waals surface area contributed by atoms with Crippen molar-refractivity contribution in [3.05, 3.63) is 28.7 Å². The molecule has 0 saturated carbocycles. The highest BCUT2D eigenvalue weighted by atomic mass is 79.9. The molecule has 1 atom stereocenters. The Morgan fingerprint density at radius 2 is 1.89 bits per heavy atom. The smallest absolute Gasteiger partial charge is 0.241 e. The highest BCUT2D eigenvalue weighted by Crippen LogP contribution is 2.14. The van der Waals surface area contributed by atoms with Gasteiger partial charge >= 0.3 is 0 Å². The van der Waals surface area contributed by atoms with Crippen molar-refractivity contribution in [2.75, 3.05) is 18.9 Å². The van der Waals surface area contributed by atoms with E-state index in [4.69, 9.17) is 0 Å². The predicted octanol–water partition coefficient (Wildman–Crippen LogP) is 1.11. The van der Waals surface area contributed by atoms with Crippen LogP contribution in [0.5, 0.6) is 0 Å². The number of amides is 2. The molecular weight excluding hydrogens is 298 g/mol. The molecule has 0 spiro atoms. The fraction of sp³-hybridized carbons (Fsp3) is 0.333. The number of carbonyl (C=O) groups is 2. The monoisotopic (exact) mass is 313 g/mol. The summed E-state index contributed by atoms with van der Waals surface area (Å²) < 4.78 is 0.950. The second-order valence-electron chi connectivity index (χ2n) is 3.77. The molecule has 0 saturated heterocycles. The summed E-state index contributed by atoms with van der Waals surface area (Å²) in [5.74, 6) is -0.334. The minimum atomic E-state index is -0.439. The molecule has 0 unspecified atom stereocenters. The van der Waals surface area contributed by atoms with Gasteiger partial charge in [0.2, 0.25) is 11.8 Å². The second-order valence-corrected chi connectivity index (χ2v) is 4.69. The summed E-state index contributed by atoms with van der Waals surface area (Å²) in [5.41, 5.74) is 0.719. The Morgan fingerprint density at radius 3 is 2.44 bits per heavy atom. The Bertz CT molecular complexity index is 420. The number of hydrogen-bond donors (Lipinski definition) is 3. The third-order valence-electron chi connectivity index (χ3n) is 2.35. The van der Waals surface area contributed by atoms with Gasteiger partial charge < -0.3 is 10.6 Å². The van der Waals surface area contributed by atoms with Gasteiger partial charge in [0.25, 0.3) is 0 Å². The van der Waals surface area contributed by atoms with Crippen LogP contribution in [0.1, 0.15) is 6.92 Å². The number of carbonyl (C=O) groups excluding carboxylic acids is 2. The zero-order valence-electron chi connectivity index (χ0n) is 10.3. The lowest BCUT2D eigenvalue weighted by Gasteiger charge is -2.13. The molecule has 5 nitrogen and oxygen atoms in total. The maximum Gasteiger partial charge on any atom is 0.241 e. The van der Waals surface area contributed by atoms with Crippen molar-refractivity contribution in [3.8, 4) is 0 Å². The summed E-state index contributed by atoms with van der Waals surface area (Å²) in [6, 6.07) is 6.85. The Labute approximate surface area is 114 Å². The Balaban J connectivity index is 2.44. The number of benzene rings is 1. The van der Waals surface area contributed by atoms with Gasteiger partial charge in [-0.1, -0.05) is 15.9 Å². The van der Waals surface area contributed by atoms with E-state index in [1.165, 1.54) is 0 Å². The first-order valence-electron chi connectivity index (χ1n) is 5.53. The summed E-state index contributed by atoms with van der Waals surface area (Å²) in [7, 11) is 1.55. The van der Waals surface area contributed by atoms with Crippen LogP contribution in [0, 0.1) is 0 Å². The SMILES string of the molecule is CNC(=O)CN[C@@H](C)C(=O)Nc1ccc(Br)cc1. The van der Waals surface area contributed by atoms with Crippen LogP contribution < -0.4 is 16.0 Å². The average Bonchev–Trinajstić information content (AvgIpc) is 2.38. The first kappa shape index (κ1) is 14.7. The third kappa shape index (κ3) is 4.85. The van der Waals surface area contributed by atoms with Crippen LogP contribution in [0.2, 0.25) is 0 Å². The third-order valence-corrected chi connectivity index (χ3v) is 2.88. The normalized spacial score (nSPS) is 11.7. The van der Waals surface area contributed by atoms with Crippen LogP contribution in [0.4, 0.5) is 5.69 Å². The summed E-state index contributed by atoms with van der Waals surface area (Å²) in [6.45, 7) is 1.82. The Hall–Kier alpha value is -1.40. The van der Waals surface area contributed by atoms with Crippen molar-refractivity contribution in [1.82, 2.24) is 10.6 Å². The summed E-state index contributed by atoms with van der Waals surface area (Å²) in [4.78, 5) is 22.8. The van der Waals surface area contributed by atoms with Gasteiger partial charge in [-0.25, -0.2) is 0 Å². The molecule has 1 aromatic carbocycles. The molecule has 0 heterocycles. The molecule has 98 valence electrons. The van der Waals surface area contributed by atoms with E-state index in [2.05, 4.69) is 31.9 Å². The van der Waals surface area contributed by atoms with Gasteiger partial charge in [-0.3, -0.25) is 14.9 Å². The zero-order valence-corrected chi connectivity index (χ0v) is 11.9. The second kappa shape index (κ2) is 7.13. The lowest BCUT2D eigenvalue weighted by molar-refractivity contribution is -0.120. The fourth-order valence-electron chi connectivity index (χ4n) is 1.21. The Kier molecular flexibility index (Phi) is 5.80. The lowest BCUT2D eigenvalue weighted by Crippen LogP contribution is -2.42. The molecule has 1 aromatic rings.